The van der Waals surface area contributed by atoms with Crippen molar-refractivity contribution in [2.24, 2.45) is 11.1 Å². The van der Waals surface area contributed by atoms with E-state index in [1.807, 2.05) is 24.3 Å². The van der Waals surface area contributed by atoms with Crippen LogP contribution < -0.4 is 15.2 Å². The zero-order chi connectivity index (χ0) is 15.0. The lowest BCUT2D eigenvalue weighted by Gasteiger charge is -2.34. The van der Waals surface area contributed by atoms with Gasteiger partial charge in [0.2, 0.25) is 0 Å². The normalized spacial score (nSPS) is 18.6. The third kappa shape index (κ3) is 4.63. The molecular formula is C18H29NO2. The number of hydrogen-bond acceptors (Lipinski definition) is 3. The van der Waals surface area contributed by atoms with E-state index >= 15 is 0 Å². The van der Waals surface area contributed by atoms with Gasteiger partial charge >= 0.3 is 0 Å². The standard InChI is InChI=1S/C18H29NO2/c1-20-16-9-5-6-10-17(16)21-14-13-18(15-19)11-7-3-2-4-8-12-18/h5-6,9-10H,2-4,7-8,11-15,19H2,1H3. The van der Waals surface area contributed by atoms with Crippen LogP contribution in [0.4, 0.5) is 0 Å². The fourth-order valence-electron chi connectivity index (χ4n) is 3.33. The minimum Gasteiger partial charge on any atom is -0.493 e. The lowest BCUT2D eigenvalue weighted by Crippen LogP contribution is -2.33. The zero-order valence-corrected chi connectivity index (χ0v) is 13.3. The minimum absolute atomic E-state index is 0.280. The molecule has 0 aliphatic heterocycles. The molecule has 0 amide bonds. The van der Waals surface area contributed by atoms with Crippen LogP contribution in [0.15, 0.2) is 24.3 Å². The van der Waals surface area contributed by atoms with Crippen LogP contribution in [-0.4, -0.2) is 20.3 Å². The molecular weight excluding hydrogens is 262 g/mol. The number of benzene rings is 1. The second-order valence-electron chi connectivity index (χ2n) is 6.22. The molecule has 1 aliphatic carbocycles. The number of ether oxygens (including phenoxy) is 2. The molecule has 2 N–H and O–H groups in total. The molecule has 3 heteroatoms. The van der Waals surface area contributed by atoms with Gasteiger partial charge in [-0.15, -0.1) is 0 Å². The third-order valence-corrected chi connectivity index (χ3v) is 4.81. The Balaban J connectivity index is 1.90. The van der Waals surface area contributed by atoms with Crippen molar-refractivity contribution in [2.75, 3.05) is 20.3 Å². The molecule has 21 heavy (non-hydrogen) atoms. The van der Waals surface area contributed by atoms with Crippen molar-refractivity contribution in [1.82, 2.24) is 0 Å². The van der Waals surface area contributed by atoms with Gasteiger partial charge in [-0.2, -0.15) is 0 Å². The number of hydrogen-bond donors (Lipinski definition) is 1. The first-order chi connectivity index (χ1) is 10.3. The molecule has 118 valence electrons. The minimum atomic E-state index is 0.280. The van der Waals surface area contributed by atoms with E-state index in [1.165, 1.54) is 44.9 Å². The van der Waals surface area contributed by atoms with E-state index in [9.17, 15) is 0 Å². The summed E-state index contributed by atoms with van der Waals surface area (Å²) < 4.78 is 11.3. The average Bonchev–Trinajstić information content (AvgIpc) is 2.50. The smallest absolute Gasteiger partial charge is 0.161 e. The molecule has 0 radical (unpaired) electrons. The number of para-hydroxylation sites is 2. The summed E-state index contributed by atoms with van der Waals surface area (Å²) in [5.41, 5.74) is 6.39. The van der Waals surface area contributed by atoms with Gasteiger partial charge in [-0.05, 0) is 43.4 Å². The van der Waals surface area contributed by atoms with Gasteiger partial charge in [0.25, 0.3) is 0 Å². The van der Waals surface area contributed by atoms with Crippen LogP contribution in [0.1, 0.15) is 51.4 Å². The average molecular weight is 291 g/mol. The molecule has 0 atom stereocenters. The first-order valence-corrected chi connectivity index (χ1v) is 8.25. The highest BCUT2D eigenvalue weighted by Gasteiger charge is 2.28. The van der Waals surface area contributed by atoms with Crippen LogP contribution >= 0.6 is 0 Å². The summed E-state index contributed by atoms with van der Waals surface area (Å²) in [7, 11) is 1.68. The Morgan fingerprint density at radius 2 is 1.62 bits per heavy atom. The Morgan fingerprint density at radius 3 is 2.24 bits per heavy atom. The maximum Gasteiger partial charge on any atom is 0.161 e. The van der Waals surface area contributed by atoms with Crippen molar-refractivity contribution in [3.05, 3.63) is 24.3 Å². The van der Waals surface area contributed by atoms with E-state index < -0.39 is 0 Å². The lowest BCUT2D eigenvalue weighted by molar-refractivity contribution is 0.156. The SMILES string of the molecule is COc1ccccc1OCCC1(CN)CCCCCCC1. The van der Waals surface area contributed by atoms with Gasteiger partial charge in [0.05, 0.1) is 13.7 Å². The van der Waals surface area contributed by atoms with Crippen molar-refractivity contribution in [3.8, 4) is 11.5 Å². The number of methoxy groups -OCH3 is 1. The molecule has 0 unspecified atom stereocenters. The Hall–Kier alpha value is -1.22. The van der Waals surface area contributed by atoms with Gasteiger partial charge in [-0.3, -0.25) is 0 Å². The van der Waals surface area contributed by atoms with Crippen LogP contribution in [0.3, 0.4) is 0 Å². The Kier molecular flexibility index (Phi) is 6.37. The maximum absolute atomic E-state index is 6.11. The largest absolute Gasteiger partial charge is 0.493 e. The van der Waals surface area contributed by atoms with Gasteiger partial charge in [0, 0.05) is 0 Å². The highest BCUT2D eigenvalue weighted by molar-refractivity contribution is 5.39. The van der Waals surface area contributed by atoms with E-state index in [-0.39, 0.29) is 5.41 Å². The van der Waals surface area contributed by atoms with Gasteiger partial charge in [-0.25, -0.2) is 0 Å². The Labute approximate surface area is 128 Å². The molecule has 1 saturated carbocycles. The molecule has 1 fully saturated rings. The second kappa shape index (κ2) is 8.28. The molecule has 0 aromatic heterocycles. The summed E-state index contributed by atoms with van der Waals surface area (Å²) in [6.45, 7) is 1.50. The molecule has 1 aromatic carbocycles. The zero-order valence-electron chi connectivity index (χ0n) is 13.3. The van der Waals surface area contributed by atoms with E-state index in [0.717, 1.165) is 31.1 Å². The molecule has 1 aromatic rings. The van der Waals surface area contributed by atoms with Crippen LogP contribution in [-0.2, 0) is 0 Å². The number of rotatable bonds is 6. The molecule has 1 aliphatic rings. The predicted octanol–water partition coefficient (Wildman–Crippen LogP) is 4.15. The topological polar surface area (TPSA) is 44.5 Å². The monoisotopic (exact) mass is 291 g/mol. The quantitative estimate of drug-likeness (QED) is 0.856. The van der Waals surface area contributed by atoms with E-state index in [1.54, 1.807) is 7.11 Å². The van der Waals surface area contributed by atoms with Crippen LogP contribution in [0, 0.1) is 5.41 Å². The summed E-state index contributed by atoms with van der Waals surface area (Å²) >= 11 is 0. The number of nitrogens with two attached hydrogens (primary N) is 1. The fraction of sp³-hybridized carbons (Fsp3) is 0.667. The first kappa shape index (κ1) is 16.2. The van der Waals surface area contributed by atoms with Crippen LogP contribution in [0.25, 0.3) is 0 Å². The van der Waals surface area contributed by atoms with Crippen LogP contribution in [0.2, 0.25) is 0 Å². The first-order valence-electron chi connectivity index (χ1n) is 8.25. The van der Waals surface area contributed by atoms with Crippen molar-refractivity contribution in [3.63, 3.8) is 0 Å². The summed E-state index contributed by atoms with van der Waals surface area (Å²) in [5.74, 6) is 1.63. The highest BCUT2D eigenvalue weighted by atomic mass is 16.5. The Morgan fingerprint density at radius 1 is 1.00 bits per heavy atom. The molecule has 0 bridgehead atoms. The van der Waals surface area contributed by atoms with E-state index in [4.69, 9.17) is 15.2 Å². The summed E-state index contributed by atoms with van der Waals surface area (Å²) in [6.07, 6.45) is 10.3. The Bertz CT molecular complexity index is 411. The molecule has 2 rings (SSSR count). The summed E-state index contributed by atoms with van der Waals surface area (Å²) in [6, 6.07) is 7.84. The van der Waals surface area contributed by atoms with Crippen molar-refractivity contribution in [2.45, 2.75) is 51.4 Å². The molecule has 0 heterocycles. The van der Waals surface area contributed by atoms with Crippen LogP contribution in [0.5, 0.6) is 11.5 Å². The lowest BCUT2D eigenvalue weighted by atomic mass is 9.74. The fourth-order valence-corrected chi connectivity index (χ4v) is 3.33. The summed E-state index contributed by atoms with van der Waals surface area (Å²) in [4.78, 5) is 0. The molecule has 0 saturated heterocycles. The maximum atomic E-state index is 6.11. The van der Waals surface area contributed by atoms with Crippen molar-refractivity contribution < 1.29 is 9.47 Å². The second-order valence-corrected chi connectivity index (χ2v) is 6.22. The van der Waals surface area contributed by atoms with E-state index in [0.29, 0.717) is 0 Å². The highest BCUT2D eigenvalue weighted by Crippen LogP contribution is 2.37. The van der Waals surface area contributed by atoms with Gasteiger partial charge in [0.1, 0.15) is 0 Å². The van der Waals surface area contributed by atoms with Crippen molar-refractivity contribution in [1.29, 1.82) is 0 Å². The van der Waals surface area contributed by atoms with Crippen molar-refractivity contribution >= 4 is 0 Å². The molecule has 0 spiro atoms. The predicted molar refractivity (Wildman–Crippen MR) is 86.9 cm³/mol. The van der Waals surface area contributed by atoms with E-state index in [2.05, 4.69) is 0 Å². The summed E-state index contributed by atoms with van der Waals surface area (Å²) in [5, 5.41) is 0. The molecule has 3 nitrogen and oxygen atoms in total. The van der Waals surface area contributed by atoms with Gasteiger partial charge < -0.3 is 15.2 Å². The van der Waals surface area contributed by atoms with Gasteiger partial charge in [-0.1, -0.05) is 44.2 Å². The van der Waals surface area contributed by atoms with Gasteiger partial charge in [0.15, 0.2) is 11.5 Å². The third-order valence-electron chi connectivity index (χ3n) is 4.81.